The second kappa shape index (κ2) is 7.31. The van der Waals surface area contributed by atoms with Crippen LogP contribution in [0.3, 0.4) is 0 Å². The monoisotopic (exact) mass is 386 g/mol. The summed E-state index contributed by atoms with van der Waals surface area (Å²) in [6.07, 6.45) is 4.18. The van der Waals surface area contributed by atoms with Gasteiger partial charge in [0.15, 0.2) is 0 Å². The predicted octanol–water partition coefficient (Wildman–Crippen LogP) is 2.69. The molecule has 1 aliphatic heterocycles. The highest BCUT2D eigenvalue weighted by molar-refractivity contribution is 6.02. The Morgan fingerprint density at radius 1 is 1.07 bits per heavy atom. The first-order valence-corrected chi connectivity index (χ1v) is 9.42. The first-order chi connectivity index (χ1) is 14.3. The van der Waals surface area contributed by atoms with Gasteiger partial charge in [0.05, 0.1) is 11.1 Å². The molecular weight excluding hydrogens is 368 g/mol. The van der Waals surface area contributed by atoms with Gasteiger partial charge in [-0.15, -0.1) is 0 Å². The fraction of sp³-hybridized carbons (Fsp3) is 0.190. The van der Waals surface area contributed by atoms with Gasteiger partial charge in [0.1, 0.15) is 0 Å². The summed E-state index contributed by atoms with van der Waals surface area (Å²) < 4.78 is 5.20. The first kappa shape index (κ1) is 17.3. The van der Waals surface area contributed by atoms with Crippen molar-refractivity contribution < 1.29 is 9.32 Å². The Morgan fingerprint density at radius 2 is 1.97 bits per heavy atom. The number of carbonyl (C=O) groups is 1. The SMILES string of the molecule is O=C(NC1CCN(c2nccc(-c3ccccc3)n2)C1)c1onc2ncccc12. The number of hydrogen-bond donors (Lipinski definition) is 1. The Hall–Kier alpha value is -3.81. The zero-order valence-corrected chi connectivity index (χ0v) is 15.5. The van der Waals surface area contributed by atoms with Gasteiger partial charge in [0.2, 0.25) is 17.4 Å². The molecule has 0 bridgehead atoms. The molecule has 1 saturated heterocycles. The molecule has 5 rings (SSSR count). The number of benzene rings is 1. The molecule has 0 spiro atoms. The highest BCUT2D eigenvalue weighted by Gasteiger charge is 2.28. The highest BCUT2D eigenvalue weighted by atomic mass is 16.5. The Morgan fingerprint density at radius 3 is 2.86 bits per heavy atom. The molecule has 0 radical (unpaired) electrons. The van der Waals surface area contributed by atoms with Gasteiger partial charge in [-0.3, -0.25) is 4.79 Å². The Labute approximate surface area is 166 Å². The average Bonchev–Trinajstić information content (AvgIpc) is 3.42. The van der Waals surface area contributed by atoms with Crippen LogP contribution >= 0.6 is 0 Å². The van der Waals surface area contributed by atoms with Crippen molar-refractivity contribution in [3.05, 3.63) is 66.7 Å². The lowest BCUT2D eigenvalue weighted by Crippen LogP contribution is -2.37. The number of amides is 1. The summed E-state index contributed by atoms with van der Waals surface area (Å²) in [7, 11) is 0. The van der Waals surface area contributed by atoms with Gasteiger partial charge < -0.3 is 14.7 Å². The van der Waals surface area contributed by atoms with E-state index in [0.717, 1.165) is 24.2 Å². The lowest BCUT2D eigenvalue weighted by molar-refractivity contribution is 0.0905. The maximum atomic E-state index is 12.6. The zero-order valence-electron chi connectivity index (χ0n) is 15.5. The van der Waals surface area contributed by atoms with Crippen LogP contribution in [0, 0.1) is 0 Å². The molecule has 4 heterocycles. The third kappa shape index (κ3) is 3.40. The summed E-state index contributed by atoms with van der Waals surface area (Å²) >= 11 is 0. The van der Waals surface area contributed by atoms with E-state index >= 15 is 0 Å². The van der Waals surface area contributed by atoms with Gasteiger partial charge in [0, 0.05) is 37.1 Å². The minimum Gasteiger partial charge on any atom is -0.348 e. The van der Waals surface area contributed by atoms with Gasteiger partial charge >= 0.3 is 0 Å². The number of carbonyl (C=O) groups excluding carboxylic acids is 1. The number of nitrogens with zero attached hydrogens (tertiary/aromatic N) is 5. The van der Waals surface area contributed by atoms with Gasteiger partial charge in [-0.2, -0.15) is 0 Å². The normalized spacial score (nSPS) is 16.3. The van der Waals surface area contributed by atoms with E-state index < -0.39 is 0 Å². The number of hydrogen-bond acceptors (Lipinski definition) is 7. The van der Waals surface area contributed by atoms with Crippen molar-refractivity contribution in [3.8, 4) is 11.3 Å². The van der Waals surface area contributed by atoms with E-state index in [1.807, 2.05) is 36.4 Å². The van der Waals surface area contributed by atoms with E-state index in [9.17, 15) is 4.79 Å². The van der Waals surface area contributed by atoms with Crippen molar-refractivity contribution in [2.24, 2.45) is 0 Å². The Kier molecular flexibility index (Phi) is 4.36. The summed E-state index contributed by atoms with van der Waals surface area (Å²) in [5.74, 6) is 0.567. The largest absolute Gasteiger partial charge is 0.348 e. The van der Waals surface area contributed by atoms with E-state index in [1.54, 1.807) is 24.5 Å². The average molecular weight is 386 g/mol. The number of anilines is 1. The fourth-order valence-electron chi connectivity index (χ4n) is 3.53. The van der Waals surface area contributed by atoms with Gasteiger partial charge in [0.25, 0.3) is 5.91 Å². The van der Waals surface area contributed by atoms with Crippen LogP contribution in [-0.4, -0.2) is 45.1 Å². The van der Waals surface area contributed by atoms with Crippen LogP contribution < -0.4 is 10.2 Å². The van der Waals surface area contributed by atoms with Crippen molar-refractivity contribution in [3.63, 3.8) is 0 Å². The van der Waals surface area contributed by atoms with E-state index in [4.69, 9.17) is 9.51 Å². The molecule has 1 aromatic carbocycles. The third-order valence-electron chi connectivity index (χ3n) is 4.98. The summed E-state index contributed by atoms with van der Waals surface area (Å²) in [5, 5.41) is 7.47. The molecule has 1 fully saturated rings. The van der Waals surface area contributed by atoms with Gasteiger partial charge in [-0.25, -0.2) is 15.0 Å². The molecule has 1 unspecified atom stereocenters. The van der Waals surface area contributed by atoms with Crippen LogP contribution in [0.1, 0.15) is 17.0 Å². The lowest BCUT2D eigenvalue weighted by atomic mass is 10.1. The standard InChI is InChI=1S/C21H18N6O2/c28-20(18-16-7-4-10-22-19(16)26-29-18)24-15-9-12-27(13-15)21-23-11-8-17(25-21)14-5-2-1-3-6-14/h1-8,10-11,15H,9,12-13H2,(H,24,28). The summed E-state index contributed by atoms with van der Waals surface area (Å²) in [4.78, 5) is 27.9. The van der Waals surface area contributed by atoms with E-state index in [0.29, 0.717) is 23.5 Å². The zero-order chi connectivity index (χ0) is 19.6. The highest BCUT2D eigenvalue weighted by Crippen LogP contribution is 2.22. The molecule has 0 aliphatic carbocycles. The molecule has 1 amide bonds. The van der Waals surface area contributed by atoms with Crippen molar-refractivity contribution in [1.29, 1.82) is 0 Å². The molecule has 8 nitrogen and oxygen atoms in total. The molecule has 8 heteroatoms. The fourth-order valence-corrected chi connectivity index (χ4v) is 3.53. The number of pyridine rings is 1. The predicted molar refractivity (Wildman–Crippen MR) is 107 cm³/mol. The summed E-state index contributed by atoms with van der Waals surface area (Å²) in [6, 6.07) is 15.4. The van der Waals surface area contributed by atoms with Gasteiger partial charge in [-0.05, 0) is 24.6 Å². The van der Waals surface area contributed by atoms with Crippen LogP contribution in [0.25, 0.3) is 22.3 Å². The third-order valence-corrected chi connectivity index (χ3v) is 4.98. The van der Waals surface area contributed by atoms with Gasteiger partial charge in [-0.1, -0.05) is 35.5 Å². The first-order valence-electron chi connectivity index (χ1n) is 9.42. The van der Waals surface area contributed by atoms with Crippen LogP contribution in [0.4, 0.5) is 5.95 Å². The maximum absolute atomic E-state index is 12.6. The van der Waals surface area contributed by atoms with Crippen LogP contribution in [-0.2, 0) is 0 Å². The Bertz CT molecular complexity index is 1160. The Balaban J connectivity index is 1.29. The van der Waals surface area contributed by atoms with Crippen molar-refractivity contribution in [1.82, 2.24) is 25.4 Å². The molecular formula is C21H18N6O2. The summed E-state index contributed by atoms with van der Waals surface area (Å²) in [6.45, 7) is 1.40. The van der Waals surface area contributed by atoms with Crippen LogP contribution in [0.2, 0.25) is 0 Å². The van der Waals surface area contributed by atoms with E-state index in [2.05, 4.69) is 25.3 Å². The van der Waals surface area contributed by atoms with E-state index in [-0.39, 0.29) is 17.7 Å². The molecule has 0 saturated carbocycles. The minimum absolute atomic E-state index is 0.0247. The molecule has 1 aliphatic rings. The molecule has 1 N–H and O–H groups in total. The molecule has 3 aromatic heterocycles. The van der Waals surface area contributed by atoms with Crippen molar-refractivity contribution >= 4 is 22.9 Å². The number of rotatable bonds is 4. The van der Waals surface area contributed by atoms with Crippen molar-refractivity contribution in [2.45, 2.75) is 12.5 Å². The maximum Gasteiger partial charge on any atom is 0.290 e. The molecule has 144 valence electrons. The van der Waals surface area contributed by atoms with Crippen LogP contribution in [0.5, 0.6) is 0 Å². The number of aromatic nitrogens is 4. The number of fused-ring (bicyclic) bond motifs is 1. The molecule has 1 atom stereocenters. The van der Waals surface area contributed by atoms with Crippen molar-refractivity contribution in [2.75, 3.05) is 18.0 Å². The molecule has 29 heavy (non-hydrogen) atoms. The topological polar surface area (TPSA) is 97.0 Å². The second-order valence-electron chi connectivity index (χ2n) is 6.90. The smallest absolute Gasteiger partial charge is 0.290 e. The quantitative estimate of drug-likeness (QED) is 0.576. The number of nitrogens with one attached hydrogen (secondary N) is 1. The lowest BCUT2D eigenvalue weighted by Gasteiger charge is -2.17. The second-order valence-corrected chi connectivity index (χ2v) is 6.90. The minimum atomic E-state index is -0.286. The van der Waals surface area contributed by atoms with E-state index in [1.165, 1.54) is 0 Å². The molecule has 4 aromatic rings. The van der Waals surface area contributed by atoms with Crippen LogP contribution in [0.15, 0.2) is 65.4 Å². The summed E-state index contributed by atoms with van der Waals surface area (Å²) in [5.41, 5.74) is 2.35.